The lowest BCUT2D eigenvalue weighted by Gasteiger charge is -2.11. The minimum absolute atomic E-state index is 0.101. The molecule has 1 aromatic heterocycles. The molecule has 0 N–H and O–H groups in total. The molecule has 0 aliphatic carbocycles. The van der Waals surface area contributed by atoms with E-state index in [0.29, 0.717) is 16.7 Å². The van der Waals surface area contributed by atoms with Crippen molar-refractivity contribution in [3.63, 3.8) is 0 Å². The number of benzene rings is 1. The molecule has 0 spiro atoms. The summed E-state index contributed by atoms with van der Waals surface area (Å²) in [6.07, 6.45) is -4.53. The summed E-state index contributed by atoms with van der Waals surface area (Å²) in [5.41, 5.74) is -0.234. The van der Waals surface area contributed by atoms with Crippen LogP contribution < -0.4 is 0 Å². The molecule has 0 saturated carbocycles. The van der Waals surface area contributed by atoms with Gasteiger partial charge in [-0.1, -0.05) is 35.0 Å². The van der Waals surface area contributed by atoms with Crippen molar-refractivity contribution >= 4 is 35.0 Å². The highest BCUT2D eigenvalue weighted by atomic mass is 35.5. The number of halogens is 5. The highest BCUT2D eigenvalue weighted by Gasteiger charge is 2.32. The van der Waals surface area contributed by atoms with Gasteiger partial charge in [0.15, 0.2) is 0 Å². The second-order valence-electron chi connectivity index (χ2n) is 4.22. The van der Waals surface area contributed by atoms with Crippen molar-refractivity contribution in [2.24, 2.45) is 0 Å². The smallest absolute Gasteiger partial charge is 0.374 e. The van der Waals surface area contributed by atoms with Crippen LogP contribution in [0.2, 0.25) is 10.0 Å². The van der Waals surface area contributed by atoms with Crippen LogP contribution in [0.5, 0.6) is 0 Å². The Bertz CT molecular complexity index is 668. The number of methoxy groups -OCH3 is 1. The summed E-state index contributed by atoms with van der Waals surface area (Å²) >= 11 is 13.1. The summed E-state index contributed by atoms with van der Waals surface area (Å²) in [6.45, 7) is 1.72. The average molecular weight is 372 g/mol. The molecule has 0 fully saturated rings. The van der Waals surface area contributed by atoms with Crippen molar-refractivity contribution in [3.05, 3.63) is 33.4 Å². The Labute approximate surface area is 138 Å². The molecule has 2 rings (SSSR count). The summed E-state index contributed by atoms with van der Waals surface area (Å²) in [7, 11) is 1.54. The molecule has 120 valence electrons. The van der Waals surface area contributed by atoms with Crippen LogP contribution in [0.3, 0.4) is 0 Å². The van der Waals surface area contributed by atoms with Crippen molar-refractivity contribution in [1.82, 2.24) is 15.0 Å². The molecule has 0 radical (unpaired) electrons. The van der Waals surface area contributed by atoms with Crippen LogP contribution in [-0.2, 0) is 10.9 Å². The number of aromatic nitrogens is 3. The van der Waals surface area contributed by atoms with E-state index in [1.807, 2.05) is 0 Å². The molecule has 0 amide bonds. The Morgan fingerprint density at radius 3 is 2.32 bits per heavy atom. The molecule has 0 bridgehead atoms. The number of nitrogens with zero attached hydrogens (tertiary/aromatic N) is 3. The first-order valence-electron chi connectivity index (χ1n) is 5.86. The Morgan fingerprint density at radius 2 is 1.82 bits per heavy atom. The fourth-order valence-corrected chi connectivity index (χ4v) is 2.89. The number of alkyl halides is 3. The second kappa shape index (κ2) is 6.66. The van der Waals surface area contributed by atoms with Gasteiger partial charge < -0.3 is 4.74 Å². The third-order valence-electron chi connectivity index (χ3n) is 2.60. The van der Waals surface area contributed by atoms with E-state index in [0.717, 1.165) is 16.9 Å². The van der Waals surface area contributed by atoms with E-state index < -0.39 is 11.7 Å². The maximum atomic E-state index is 12.7. The molecule has 0 saturated heterocycles. The van der Waals surface area contributed by atoms with Crippen molar-refractivity contribution in [2.75, 3.05) is 13.0 Å². The van der Waals surface area contributed by atoms with Gasteiger partial charge in [-0.2, -0.15) is 18.3 Å². The first-order chi connectivity index (χ1) is 10.2. The Morgan fingerprint density at radius 1 is 1.23 bits per heavy atom. The molecular weight excluding hydrogens is 362 g/mol. The normalized spacial score (nSPS) is 12.0. The molecule has 1 aromatic carbocycles. The molecule has 10 heteroatoms. The Balaban J connectivity index is 2.45. The zero-order valence-corrected chi connectivity index (χ0v) is 13.7. The molecule has 0 atom stereocenters. The van der Waals surface area contributed by atoms with Gasteiger partial charge in [0.1, 0.15) is 10.7 Å². The minimum Gasteiger partial charge on any atom is -0.374 e. The highest BCUT2D eigenvalue weighted by Crippen LogP contribution is 2.37. The molecule has 1 heterocycles. The topological polar surface area (TPSA) is 39.9 Å². The molecule has 2 aromatic rings. The lowest BCUT2D eigenvalue weighted by molar-refractivity contribution is -0.137. The first kappa shape index (κ1) is 17.4. The Kier molecular flexibility index (Phi) is 5.26. The fourth-order valence-electron chi connectivity index (χ4n) is 1.63. The quantitative estimate of drug-likeness (QED) is 0.581. The van der Waals surface area contributed by atoms with Crippen LogP contribution in [0.1, 0.15) is 11.3 Å². The van der Waals surface area contributed by atoms with E-state index in [-0.39, 0.29) is 15.7 Å². The molecule has 0 aliphatic heterocycles. The van der Waals surface area contributed by atoms with Crippen LogP contribution in [0.4, 0.5) is 13.2 Å². The van der Waals surface area contributed by atoms with Gasteiger partial charge in [0, 0.05) is 7.11 Å². The van der Waals surface area contributed by atoms with Gasteiger partial charge in [0.2, 0.25) is 0 Å². The maximum absolute atomic E-state index is 12.7. The van der Waals surface area contributed by atoms with Gasteiger partial charge in [0.05, 0.1) is 27.2 Å². The van der Waals surface area contributed by atoms with Gasteiger partial charge in [-0.05, 0) is 19.1 Å². The second-order valence-corrected chi connectivity index (χ2v) is 5.94. The zero-order valence-electron chi connectivity index (χ0n) is 11.4. The van der Waals surface area contributed by atoms with Gasteiger partial charge in [0.25, 0.3) is 0 Å². The SMILES string of the molecule is COCSc1nn(-c2c(Cl)cc(C(F)(F)F)cc2Cl)nc1C. The van der Waals surface area contributed by atoms with Gasteiger partial charge >= 0.3 is 6.18 Å². The highest BCUT2D eigenvalue weighted by molar-refractivity contribution is 7.99. The summed E-state index contributed by atoms with van der Waals surface area (Å²) in [6, 6.07) is 1.59. The molecule has 0 unspecified atom stereocenters. The van der Waals surface area contributed by atoms with Crippen molar-refractivity contribution in [2.45, 2.75) is 18.1 Å². The standard InChI is InChI=1S/C12H10Cl2F3N3OS/c1-6-11(22-5-21-2)19-20(18-6)10-8(13)3-7(4-9(10)14)12(15,16)17/h3-4H,5H2,1-2H3. The molecule has 0 aliphatic rings. The maximum Gasteiger partial charge on any atom is 0.416 e. The lowest BCUT2D eigenvalue weighted by atomic mass is 10.2. The average Bonchev–Trinajstić information content (AvgIpc) is 2.75. The van der Waals surface area contributed by atoms with E-state index in [9.17, 15) is 13.2 Å². The third kappa shape index (κ3) is 3.68. The summed E-state index contributed by atoms with van der Waals surface area (Å²) in [5, 5.41) is 8.51. The van der Waals surface area contributed by atoms with Crippen molar-refractivity contribution in [3.8, 4) is 5.69 Å². The van der Waals surface area contributed by atoms with E-state index >= 15 is 0 Å². The summed E-state index contributed by atoms with van der Waals surface area (Å²) < 4.78 is 43.1. The van der Waals surface area contributed by atoms with Crippen LogP contribution in [0, 0.1) is 6.92 Å². The van der Waals surface area contributed by atoms with E-state index in [4.69, 9.17) is 27.9 Å². The fraction of sp³-hybridized carbons (Fsp3) is 0.333. The largest absolute Gasteiger partial charge is 0.416 e. The lowest BCUT2D eigenvalue weighted by Crippen LogP contribution is -2.08. The van der Waals surface area contributed by atoms with Crippen LogP contribution >= 0.6 is 35.0 Å². The number of aryl methyl sites for hydroxylation is 1. The number of hydrogen-bond acceptors (Lipinski definition) is 4. The predicted octanol–water partition coefficient (Wildman–Crippen LogP) is 4.60. The van der Waals surface area contributed by atoms with Crippen molar-refractivity contribution in [1.29, 1.82) is 0 Å². The van der Waals surface area contributed by atoms with Crippen LogP contribution in [0.25, 0.3) is 5.69 Å². The number of ether oxygens (including phenoxy) is 1. The van der Waals surface area contributed by atoms with Gasteiger partial charge in [-0.3, -0.25) is 0 Å². The number of rotatable bonds is 4. The predicted molar refractivity (Wildman–Crippen MR) is 78.9 cm³/mol. The van der Waals surface area contributed by atoms with Crippen LogP contribution in [0.15, 0.2) is 17.2 Å². The van der Waals surface area contributed by atoms with Crippen molar-refractivity contribution < 1.29 is 17.9 Å². The van der Waals surface area contributed by atoms with Gasteiger partial charge in [-0.15, -0.1) is 9.90 Å². The molecule has 22 heavy (non-hydrogen) atoms. The van der Waals surface area contributed by atoms with Crippen LogP contribution in [-0.4, -0.2) is 28.0 Å². The molecular formula is C12H10Cl2F3N3OS. The molecule has 4 nitrogen and oxygen atoms in total. The summed E-state index contributed by atoms with van der Waals surface area (Å²) in [5.74, 6) is 0.369. The third-order valence-corrected chi connectivity index (χ3v) is 4.18. The van der Waals surface area contributed by atoms with Gasteiger partial charge in [-0.25, -0.2) is 0 Å². The number of hydrogen-bond donors (Lipinski definition) is 0. The summed E-state index contributed by atoms with van der Waals surface area (Å²) in [4.78, 5) is 1.12. The number of thioether (sulfide) groups is 1. The Hall–Kier alpha value is -0.960. The monoisotopic (exact) mass is 371 g/mol. The first-order valence-corrected chi connectivity index (χ1v) is 7.60. The van der Waals surface area contributed by atoms with E-state index in [1.165, 1.54) is 18.9 Å². The minimum atomic E-state index is -4.53. The zero-order chi connectivity index (χ0) is 16.5. The van der Waals surface area contributed by atoms with E-state index in [1.54, 1.807) is 6.92 Å². The van der Waals surface area contributed by atoms with E-state index in [2.05, 4.69) is 10.2 Å².